The number of aromatic nitrogens is 2. The molecule has 0 saturated heterocycles. The van der Waals surface area contributed by atoms with E-state index >= 15 is 0 Å². The maximum Gasteiger partial charge on any atom is 0.270 e. The van der Waals surface area contributed by atoms with Gasteiger partial charge in [0.1, 0.15) is 5.03 Å². The summed E-state index contributed by atoms with van der Waals surface area (Å²) in [5.41, 5.74) is 0.861. The summed E-state index contributed by atoms with van der Waals surface area (Å²) in [4.78, 5) is 26.5. The van der Waals surface area contributed by atoms with Gasteiger partial charge in [-0.1, -0.05) is 31.7 Å². The van der Waals surface area contributed by atoms with Crippen molar-refractivity contribution < 1.29 is 9.72 Å². The Morgan fingerprint density at radius 2 is 2.14 bits per heavy atom. The molecule has 0 aliphatic heterocycles. The number of nitrogens with zero attached hydrogens (tertiary/aromatic N) is 3. The van der Waals surface area contributed by atoms with Gasteiger partial charge in [-0.2, -0.15) is 0 Å². The van der Waals surface area contributed by atoms with E-state index in [9.17, 15) is 14.9 Å². The van der Waals surface area contributed by atoms with Crippen LogP contribution in [0.3, 0.4) is 0 Å². The Morgan fingerprint density at radius 1 is 1.43 bits per heavy atom. The molecule has 1 aromatic heterocycles. The van der Waals surface area contributed by atoms with Gasteiger partial charge < -0.3 is 4.57 Å². The van der Waals surface area contributed by atoms with Crippen LogP contribution in [0.25, 0.3) is 0 Å². The number of imidazole rings is 1. The topological polar surface area (TPSA) is 78.0 Å². The van der Waals surface area contributed by atoms with Crippen molar-refractivity contribution in [3.05, 3.63) is 45.9 Å². The molecule has 0 spiro atoms. The van der Waals surface area contributed by atoms with E-state index in [4.69, 9.17) is 0 Å². The van der Waals surface area contributed by atoms with Crippen LogP contribution in [0.1, 0.15) is 36.1 Å². The third-order valence-corrected chi connectivity index (χ3v) is 4.16. The van der Waals surface area contributed by atoms with Crippen molar-refractivity contribution in [2.24, 2.45) is 7.05 Å². The molecule has 0 aliphatic carbocycles. The minimum Gasteiger partial charge on any atom is -0.320 e. The molecule has 0 radical (unpaired) electrons. The molecule has 1 aromatic carbocycles. The highest BCUT2D eigenvalue weighted by Gasteiger charge is 2.18. The number of carbonyl (C=O) groups excluding carboxylic acids is 1. The SMILES string of the molecule is CC(C)c1nc(C=O)n(C)c1Sc1cccc([N+](=O)[O-])c1. The Balaban J connectivity index is 2.43. The molecule has 7 heteroatoms. The van der Waals surface area contributed by atoms with Crippen molar-refractivity contribution >= 4 is 23.7 Å². The van der Waals surface area contributed by atoms with Crippen LogP contribution in [-0.4, -0.2) is 20.8 Å². The third kappa shape index (κ3) is 3.13. The van der Waals surface area contributed by atoms with Gasteiger partial charge in [-0.15, -0.1) is 0 Å². The van der Waals surface area contributed by atoms with E-state index in [1.54, 1.807) is 23.7 Å². The van der Waals surface area contributed by atoms with Crippen LogP contribution in [0.2, 0.25) is 0 Å². The van der Waals surface area contributed by atoms with E-state index in [2.05, 4.69) is 4.98 Å². The number of hydrogen-bond donors (Lipinski definition) is 0. The van der Waals surface area contributed by atoms with Gasteiger partial charge in [0.05, 0.1) is 10.6 Å². The molecule has 21 heavy (non-hydrogen) atoms. The van der Waals surface area contributed by atoms with Crippen molar-refractivity contribution in [3.63, 3.8) is 0 Å². The van der Waals surface area contributed by atoms with Crippen LogP contribution in [-0.2, 0) is 7.05 Å². The van der Waals surface area contributed by atoms with Gasteiger partial charge in [0.15, 0.2) is 12.1 Å². The first-order chi connectivity index (χ1) is 9.93. The maximum atomic E-state index is 11.0. The summed E-state index contributed by atoms with van der Waals surface area (Å²) in [6.45, 7) is 3.99. The van der Waals surface area contributed by atoms with Crippen LogP contribution in [0, 0.1) is 10.1 Å². The van der Waals surface area contributed by atoms with Crippen molar-refractivity contribution in [1.29, 1.82) is 0 Å². The highest BCUT2D eigenvalue weighted by Crippen LogP contribution is 2.35. The number of hydrogen-bond acceptors (Lipinski definition) is 5. The molecule has 0 aliphatic rings. The van der Waals surface area contributed by atoms with Crippen LogP contribution in [0.15, 0.2) is 34.2 Å². The number of nitro benzene ring substituents is 1. The second-order valence-electron chi connectivity index (χ2n) is 4.85. The molecule has 0 atom stereocenters. The van der Waals surface area contributed by atoms with E-state index in [1.807, 2.05) is 13.8 Å². The number of aldehydes is 1. The first-order valence-corrected chi connectivity index (χ1v) is 7.19. The Labute approximate surface area is 126 Å². The van der Waals surface area contributed by atoms with E-state index in [-0.39, 0.29) is 11.6 Å². The van der Waals surface area contributed by atoms with Crippen molar-refractivity contribution in [3.8, 4) is 0 Å². The summed E-state index contributed by atoms with van der Waals surface area (Å²) in [6.07, 6.45) is 0.712. The van der Waals surface area contributed by atoms with Gasteiger partial charge in [0.25, 0.3) is 5.69 Å². The molecule has 0 bridgehead atoms. The summed E-state index contributed by atoms with van der Waals surface area (Å²) in [6, 6.07) is 6.41. The van der Waals surface area contributed by atoms with Crippen LogP contribution in [0.5, 0.6) is 0 Å². The van der Waals surface area contributed by atoms with E-state index < -0.39 is 4.92 Å². The molecule has 110 valence electrons. The molecule has 0 fully saturated rings. The van der Waals surface area contributed by atoms with Crippen molar-refractivity contribution in [2.45, 2.75) is 29.7 Å². The molecule has 6 nitrogen and oxygen atoms in total. The molecule has 1 heterocycles. The summed E-state index contributed by atoms with van der Waals surface area (Å²) in [7, 11) is 1.77. The number of non-ortho nitro benzene ring substituents is 1. The molecule has 0 saturated carbocycles. The lowest BCUT2D eigenvalue weighted by Crippen LogP contribution is -1.97. The maximum absolute atomic E-state index is 11.0. The normalized spacial score (nSPS) is 10.9. The zero-order chi connectivity index (χ0) is 15.6. The number of nitro groups is 1. The van der Waals surface area contributed by atoms with Crippen molar-refractivity contribution in [2.75, 3.05) is 0 Å². The highest BCUT2D eigenvalue weighted by molar-refractivity contribution is 7.99. The van der Waals surface area contributed by atoms with E-state index in [1.165, 1.54) is 23.9 Å². The average Bonchev–Trinajstić information content (AvgIpc) is 2.76. The fraction of sp³-hybridized carbons (Fsp3) is 0.286. The number of benzene rings is 1. The second kappa shape index (κ2) is 6.09. The Hall–Kier alpha value is -2.15. The van der Waals surface area contributed by atoms with Crippen molar-refractivity contribution in [1.82, 2.24) is 9.55 Å². The second-order valence-corrected chi connectivity index (χ2v) is 5.91. The van der Waals surface area contributed by atoms with Gasteiger partial charge in [0.2, 0.25) is 0 Å². The van der Waals surface area contributed by atoms with E-state index in [0.29, 0.717) is 12.1 Å². The molecule has 0 N–H and O–H groups in total. The monoisotopic (exact) mass is 305 g/mol. The van der Waals surface area contributed by atoms with Gasteiger partial charge in [-0.25, -0.2) is 4.98 Å². The predicted molar refractivity (Wildman–Crippen MR) is 79.9 cm³/mol. The molecule has 2 aromatic rings. The van der Waals surface area contributed by atoms with E-state index in [0.717, 1.165) is 15.6 Å². The van der Waals surface area contributed by atoms with Gasteiger partial charge >= 0.3 is 0 Å². The first kappa shape index (κ1) is 15.2. The lowest BCUT2D eigenvalue weighted by molar-refractivity contribution is -0.385. The first-order valence-electron chi connectivity index (χ1n) is 6.38. The smallest absolute Gasteiger partial charge is 0.270 e. The van der Waals surface area contributed by atoms with Gasteiger partial charge in [0, 0.05) is 24.1 Å². The highest BCUT2D eigenvalue weighted by atomic mass is 32.2. The predicted octanol–water partition coefficient (Wildman–Crippen LogP) is 3.42. The number of carbonyl (C=O) groups is 1. The zero-order valence-corrected chi connectivity index (χ0v) is 12.8. The third-order valence-electron chi connectivity index (χ3n) is 3.00. The van der Waals surface area contributed by atoms with Crippen LogP contribution >= 0.6 is 11.8 Å². The summed E-state index contributed by atoms with van der Waals surface area (Å²) < 4.78 is 1.71. The van der Waals surface area contributed by atoms with Gasteiger partial charge in [-0.05, 0) is 12.0 Å². The molecule has 0 amide bonds. The van der Waals surface area contributed by atoms with Crippen LogP contribution < -0.4 is 0 Å². The molecule has 2 rings (SSSR count). The lowest BCUT2D eigenvalue weighted by atomic mass is 10.2. The minimum absolute atomic E-state index is 0.0453. The lowest BCUT2D eigenvalue weighted by Gasteiger charge is -2.08. The average molecular weight is 305 g/mol. The Kier molecular flexibility index (Phi) is 4.42. The molecular formula is C14H15N3O3S. The fourth-order valence-electron chi connectivity index (χ4n) is 1.90. The Morgan fingerprint density at radius 3 is 2.71 bits per heavy atom. The number of rotatable bonds is 5. The Bertz CT molecular complexity index is 695. The summed E-state index contributed by atoms with van der Waals surface area (Å²) in [5, 5.41) is 11.7. The minimum atomic E-state index is -0.423. The zero-order valence-electron chi connectivity index (χ0n) is 11.9. The van der Waals surface area contributed by atoms with Crippen LogP contribution in [0.4, 0.5) is 5.69 Å². The summed E-state index contributed by atoms with van der Waals surface area (Å²) in [5.74, 6) is 0.512. The fourth-order valence-corrected chi connectivity index (χ4v) is 3.06. The molecule has 0 unspecified atom stereocenters. The quantitative estimate of drug-likeness (QED) is 0.480. The van der Waals surface area contributed by atoms with Gasteiger partial charge in [-0.3, -0.25) is 14.9 Å². The standard InChI is InChI=1S/C14H15N3O3S/c1-9(2)13-14(16(3)12(8-18)15-13)21-11-6-4-5-10(7-11)17(19)20/h4-9H,1-3H3. The summed E-state index contributed by atoms with van der Waals surface area (Å²) >= 11 is 1.37. The molecular weight excluding hydrogens is 290 g/mol. The largest absolute Gasteiger partial charge is 0.320 e.